The molecule has 0 atom stereocenters. The van der Waals surface area contributed by atoms with Gasteiger partial charge in [0.05, 0.1) is 12.7 Å². The van der Waals surface area contributed by atoms with Crippen LogP contribution in [-0.4, -0.2) is 82.6 Å². The molecule has 0 radical (unpaired) electrons. The van der Waals surface area contributed by atoms with Gasteiger partial charge in [-0.3, -0.25) is 0 Å². The van der Waals surface area contributed by atoms with Crippen molar-refractivity contribution in [1.29, 1.82) is 0 Å². The molecule has 2 rings (SSSR count). The molecular weight excluding hydrogens is 513 g/mol. The van der Waals surface area contributed by atoms with Gasteiger partial charge >= 0.3 is 0 Å². The summed E-state index contributed by atoms with van der Waals surface area (Å²) in [4.78, 5) is 7.27. The van der Waals surface area contributed by atoms with Crippen molar-refractivity contribution in [2.75, 3.05) is 44.8 Å². The zero-order valence-electron chi connectivity index (χ0n) is 19.2. The van der Waals surface area contributed by atoms with Crippen molar-refractivity contribution >= 4 is 41.7 Å². The molecule has 2 heterocycles. The van der Waals surface area contributed by atoms with E-state index in [-0.39, 0.29) is 24.0 Å². The number of aromatic nitrogens is 3. The maximum Gasteiger partial charge on any atom is 0.191 e. The van der Waals surface area contributed by atoms with Gasteiger partial charge in [-0.15, -0.1) is 34.2 Å². The summed E-state index contributed by atoms with van der Waals surface area (Å²) in [6, 6.07) is 0.449. The van der Waals surface area contributed by atoms with E-state index in [0.29, 0.717) is 18.7 Å². The average molecular weight is 554 g/mol. The molecule has 1 aromatic heterocycles. The largest absolute Gasteiger partial charge is 0.377 e. The van der Waals surface area contributed by atoms with Crippen LogP contribution in [0, 0.1) is 6.92 Å². The fourth-order valence-electron chi connectivity index (χ4n) is 3.23. The van der Waals surface area contributed by atoms with Crippen molar-refractivity contribution in [2.45, 2.75) is 58.7 Å². The number of hydrogen-bond acceptors (Lipinski definition) is 6. The number of ether oxygens (including phenoxy) is 1. The van der Waals surface area contributed by atoms with E-state index in [9.17, 15) is 0 Å². The molecule has 0 unspecified atom stereocenters. The van der Waals surface area contributed by atoms with E-state index in [1.807, 2.05) is 30.3 Å². The molecule has 30 heavy (non-hydrogen) atoms. The maximum absolute atomic E-state index is 5.68. The number of aryl methyl sites for hydroxylation is 1. The van der Waals surface area contributed by atoms with Crippen LogP contribution in [0.5, 0.6) is 0 Å². The van der Waals surface area contributed by atoms with Crippen LogP contribution in [0.4, 0.5) is 0 Å². The standard InChI is InChI=1S/C20H39N7OS.HI/c1-16(2)28-13-12-27-10-7-18(8-11-27)23-20(21-9-6-14-29-5)22-15-19-25-24-17(3)26(19)4;/h16,18H,6-15H2,1-5H3,(H2,21,22,23);1H. The lowest BCUT2D eigenvalue weighted by molar-refractivity contribution is 0.0532. The third kappa shape index (κ3) is 10.1. The Bertz CT molecular complexity index is 618. The number of nitrogens with one attached hydrogen (secondary N) is 2. The quantitative estimate of drug-likeness (QED) is 0.189. The van der Waals surface area contributed by atoms with E-state index in [4.69, 9.17) is 9.73 Å². The van der Waals surface area contributed by atoms with Gasteiger partial charge < -0.3 is 24.8 Å². The molecule has 0 spiro atoms. The van der Waals surface area contributed by atoms with Crippen LogP contribution in [0.25, 0.3) is 0 Å². The van der Waals surface area contributed by atoms with Crippen LogP contribution in [0.1, 0.15) is 44.8 Å². The molecule has 0 amide bonds. The molecule has 10 heteroatoms. The number of nitrogens with zero attached hydrogens (tertiary/aromatic N) is 5. The van der Waals surface area contributed by atoms with E-state index in [1.165, 1.54) is 0 Å². The highest BCUT2D eigenvalue weighted by Crippen LogP contribution is 2.10. The molecule has 0 bridgehead atoms. The molecule has 1 aliphatic rings. The van der Waals surface area contributed by atoms with Crippen LogP contribution in [0.15, 0.2) is 4.99 Å². The van der Waals surface area contributed by atoms with Gasteiger partial charge in [0.2, 0.25) is 0 Å². The summed E-state index contributed by atoms with van der Waals surface area (Å²) in [6.07, 6.45) is 5.82. The van der Waals surface area contributed by atoms with Crippen LogP contribution < -0.4 is 10.6 Å². The molecule has 1 saturated heterocycles. The molecule has 0 aromatic carbocycles. The molecule has 1 aromatic rings. The summed E-state index contributed by atoms with van der Waals surface area (Å²) in [6.45, 7) is 11.6. The first kappa shape index (κ1) is 27.4. The number of rotatable bonds is 11. The molecule has 2 N–H and O–H groups in total. The summed E-state index contributed by atoms with van der Waals surface area (Å²) in [5.74, 6) is 3.83. The van der Waals surface area contributed by atoms with Gasteiger partial charge in [-0.2, -0.15) is 11.8 Å². The van der Waals surface area contributed by atoms with Crippen LogP contribution in [0.2, 0.25) is 0 Å². The van der Waals surface area contributed by atoms with Crippen molar-refractivity contribution in [3.8, 4) is 0 Å². The van der Waals surface area contributed by atoms with Gasteiger partial charge in [0.25, 0.3) is 0 Å². The lowest BCUT2D eigenvalue weighted by atomic mass is 10.1. The highest BCUT2D eigenvalue weighted by molar-refractivity contribution is 14.0. The Morgan fingerprint density at radius 2 is 2.03 bits per heavy atom. The molecule has 8 nitrogen and oxygen atoms in total. The predicted octanol–water partition coefficient (Wildman–Crippen LogP) is 2.42. The van der Waals surface area contributed by atoms with E-state index in [1.54, 1.807) is 0 Å². The van der Waals surface area contributed by atoms with Crippen molar-refractivity contribution in [3.05, 3.63) is 11.6 Å². The summed E-state index contributed by atoms with van der Waals surface area (Å²) < 4.78 is 7.68. The first-order valence-electron chi connectivity index (χ1n) is 10.7. The number of halogens is 1. The molecule has 174 valence electrons. The van der Waals surface area contributed by atoms with Gasteiger partial charge in [-0.25, -0.2) is 4.99 Å². The lowest BCUT2D eigenvalue weighted by Gasteiger charge is -2.33. The first-order chi connectivity index (χ1) is 14.0. The molecule has 0 saturated carbocycles. The molecular formula is C20H40IN7OS. The fraction of sp³-hybridized carbons (Fsp3) is 0.850. The van der Waals surface area contributed by atoms with E-state index < -0.39 is 0 Å². The van der Waals surface area contributed by atoms with Crippen molar-refractivity contribution in [1.82, 2.24) is 30.3 Å². The maximum atomic E-state index is 5.68. The number of aliphatic imine (C=N–C) groups is 1. The van der Waals surface area contributed by atoms with Gasteiger partial charge in [0.15, 0.2) is 11.8 Å². The number of hydrogen-bond donors (Lipinski definition) is 2. The number of guanidine groups is 1. The monoisotopic (exact) mass is 553 g/mol. The SMILES string of the molecule is CSCCCNC(=NCc1nnc(C)n1C)NC1CCN(CCOC(C)C)CC1.I. The zero-order chi connectivity index (χ0) is 21.1. The Kier molecular flexibility index (Phi) is 14.0. The first-order valence-corrected chi connectivity index (χ1v) is 12.1. The molecule has 1 aliphatic heterocycles. The van der Waals surface area contributed by atoms with Crippen LogP contribution in [-0.2, 0) is 18.3 Å². The number of likely N-dealkylation sites (tertiary alicyclic amines) is 1. The molecule has 1 fully saturated rings. The second-order valence-electron chi connectivity index (χ2n) is 7.84. The Morgan fingerprint density at radius 1 is 1.30 bits per heavy atom. The third-order valence-electron chi connectivity index (χ3n) is 5.17. The predicted molar refractivity (Wildman–Crippen MR) is 137 cm³/mol. The minimum absolute atomic E-state index is 0. The Labute approximate surface area is 203 Å². The van der Waals surface area contributed by atoms with Crippen LogP contribution >= 0.6 is 35.7 Å². The second-order valence-corrected chi connectivity index (χ2v) is 8.83. The van der Waals surface area contributed by atoms with Crippen LogP contribution in [0.3, 0.4) is 0 Å². The minimum atomic E-state index is 0. The Balaban J connectivity index is 0.00000450. The lowest BCUT2D eigenvalue weighted by Crippen LogP contribution is -2.49. The summed E-state index contributed by atoms with van der Waals surface area (Å²) in [5, 5.41) is 15.5. The van der Waals surface area contributed by atoms with Crippen molar-refractivity contribution < 1.29 is 4.74 Å². The minimum Gasteiger partial charge on any atom is -0.377 e. The van der Waals surface area contributed by atoms with Gasteiger partial charge in [0, 0.05) is 39.3 Å². The topological polar surface area (TPSA) is 79.6 Å². The highest BCUT2D eigenvalue weighted by atomic mass is 127. The molecule has 0 aliphatic carbocycles. The van der Waals surface area contributed by atoms with Gasteiger partial charge in [-0.05, 0) is 52.0 Å². The van der Waals surface area contributed by atoms with Crippen molar-refractivity contribution in [2.24, 2.45) is 12.0 Å². The fourth-order valence-corrected chi connectivity index (χ4v) is 3.66. The van der Waals surface area contributed by atoms with Gasteiger partial charge in [0.1, 0.15) is 12.4 Å². The second kappa shape index (κ2) is 15.3. The van der Waals surface area contributed by atoms with E-state index in [2.05, 4.69) is 45.8 Å². The zero-order valence-corrected chi connectivity index (χ0v) is 22.3. The van der Waals surface area contributed by atoms with E-state index >= 15 is 0 Å². The Hall–Kier alpha value is -0.590. The normalized spacial score (nSPS) is 16.0. The summed E-state index contributed by atoms with van der Waals surface area (Å²) in [5.41, 5.74) is 0. The smallest absolute Gasteiger partial charge is 0.191 e. The number of thioether (sulfide) groups is 1. The number of piperidine rings is 1. The summed E-state index contributed by atoms with van der Waals surface area (Å²) >= 11 is 1.87. The van der Waals surface area contributed by atoms with Crippen molar-refractivity contribution in [3.63, 3.8) is 0 Å². The van der Waals surface area contributed by atoms with E-state index in [0.717, 1.165) is 75.4 Å². The summed E-state index contributed by atoms with van der Waals surface area (Å²) in [7, 11) is 1.98. The highest BCUT2D eigenvalue weighted by Gasteiger charge is 2.20. The third-order valence-corrected chi connectivity index (χ3v) is 5.86. The average Bonchev–Trinajstić information content (AvgIpc) is 3.02. The van der Waals surface area contributed by atoms with Gasteiger partial charge in [-0.1, -0.05) is 0 Å². The Morgan fingerprint density at radius 3 is 2.63 bits per heavy atom.